The summed E-state index contributed by atoms with van der Waals surface area (Å²) in [6.07, 6.45) is 1.74. The molecule has 170 valence electrons. The monoisotopic (exact) mass is 444 g/mol. The molecule has 2 aliphatic rings. The second kappa shape index (κ2) is 8.92. The fourth-order valence-corrected chi connectivity index (χ4v) is 5.58. The zero-order valence-corrected chi connectivity index (χ0v) is 18.6. The maximum Gasteiger partial charge on any atom is 0.258 e. The van der Waals surface area contributed by atoms with Gasteiger partial charge in [0.25, 0.3) is 5.56 Å². The molecule has 33 heavy (non-hydrogen) atoms. The highest BCUT2D eigenvalue weighted by Crippen LogP contribution is 2.49. The first-order chi connectivity index (χ1) is 16.1. The molecule has 1 saturated heterocycles. The summed E-state index contributed by atoms with van der Waals surface area (Å²) < 4.78 is 1.83. The number of hydrogen-bond donors (Lipinski definition) is 2. The van der Waals surface area contributed by atoms with Gasteiger partial charge in [-0.1, -0.05) is 36.4 Å². The van der Waals surface area contributed by atoms with E-state index >= 15 is 0 Å². The van der Waals surface area contributed by atoms with E-state index in [1.165, 1.54) is 0 Å². The molecule has 1 aromatic carbocycles. The van der Waals surface area contributed by atoms with Gasteiger partial charge in [-0.25, -0.2) is 0 Å². The molecule has 3 aromatic rings. The first-order valence-electron chi connectivity index (χ1n) is 11.5. The number of aliphatic hydroxyl groups is 1. The van der Waals surface area contributed by atoms with Gasteiger partial charge in [-0.15, -0.1) is 0 Å². The van der Waals surface area contributed by atoms with E-state index in [2.05, 4.69) is 15.2 Å². The van der Waals surface area contributed by atoms with Crippen molar-refractivity contribution in [3.63, 3.8) is 0 Å². The zero-order chi connectivity index (χ0) is 22.9. The van der Waals surface area contributed by atoms with Crippen molar-refractivity contribution in [2.45, 2.75) is 32.1 Å². The van der Waals surface area contributed by atoms with Gasteiger partial charge in [-0.05, 0) is 36.8 Å². The molecule has 4 heterocycles. The molecule has 2 aromatic heterocycles. The number of hydrogen-bond acceptors (Lipinski definition) is 5. The van der Waals surface area contributed by atoms with Crippen molar-refractivity contribution in [1.82, 2.24) is 19.8 Å². The number of fused-ring (bicyclic) bond motifs is 3. The predicted molar refractivity (Wildman–Crippen MR) is 125 cm³/mol. The van der Waals surface area contributed by atoms with Crippen molar-refractivity contribution in [3.8, 4) is 11.1 Å². The fourth-order valence-electron chi connectivity index (χ4n) is 5.58. The third-order valence-corrected chi connectivity index (χ3v) is 6.97. The highest BCUT2D eigenvalue weighted by Gasteiger charge is 2.55. The average Bonchev–Trinajstić information content (AvgIpc) is 3.36. The van der Waals surface area contributed by atoms with Crippen molar-refractivity contribution in [2.24, 2.45) is 11.8 Å². The second-order valence-corrected chi connectivity index (χ2v) is 8.74. The molecule has 7 nitrogen and oxygen atoms in total. The van der Waals surface area contributed by atoms with Gasteiger partial charge in [0.05, 0.1) is 17.8 Å². The van der Waals surface area contributed by atoms with E-state index in [9.17, 15) is 14.7 Å². The number of benzene rings is 1. The van der Waals surface area contributed by atoms with Gasteiger partial charge in [-0.2, -0.15) is 0 Å². The molecular weight excluding hydrogens is 416 g/mol. The Bertz CT molecular complexity index is 1200. The normalized spacial score (nSPS) is 23.8. The Balaban J connectivity index is 1.59. The summed E-state index contributed by atoms with van der Waals surface area (Å²) in [4.78, 5) is 33.2. The Morgan fingerprint density at radius 1 is 1.12 bits per heavy atom. The van der Waals surface area contributed by atoms with E-state index in [0.29, 0.717) is 25.2 Å². The Hall–Kier alpha value is -3.29. The number of likely N-dealkylation sites (N-methyl/N-ethyl adjacent to an activating group) is 1. The van der Waals surface area contributed by atoms with E-state index in [4.69, 9.17) is 0 Å². The molecule has 1 fully saturated rings. The third kappa shape index (κ3) is 3.67. The average molecular weight is 445 g/mol. The van der Waals surface area contributed by atoms with Crippen LogP contribution in [0.1, 0.15) is 24.4 Å². The Morgan fingerprint density at radius 2 is 1.91 bits per heavy atom. The van der Waals surface area contributed by atoms with Gasteiger partial charge in [0.15, 0.2) is 0 Å². The quantitative estimate of drug-likeness (QED) is 0.609. The molecule has 7 heteroatoms. The van der Waals surface area contributed by atoms with Crippen LogP contribution in [0.4, 0.5) is 0 Å². The van der Waals surface area contributed by atoms with Crippen LogP contribution in [0, 0.1) is 11.8 Å². The van der Waals surface area contributed by atoms with E-state index in [1.54, 1.807) is 6.20 Å². The van der Waals surface area contributed by atoms with Crippen LogP contribution in [0.5, 0.6) is 0 Å². The Labute approximate surface area is 192 Å². The summed E-state index contributed by atoms with van der Waals surface area (Å²) in [6, 6.07) is 18.7. The number of pyridine rings is 2. The summed E-state index contributed by atoms with van der Waals surface area (Å²) in [5.74, 6) is -0.397. The van der Waals surface area contributed by atoms with E-state index in [-0.39, 0.29) is 36.0 Å². The van der Waals surface area contributed by atoms with Crippen LogP contribution in [0.25, 0.3) is 11.1 Å². The molecule has 0 saturated carbocycles. The van der Waals surface area contributed by atoms with E-state index in [1.807, 2.05) is 72.2 Å². The highest BCUT2D eigenvalue weighted by atomic mass is 16.3. The van der Waals surface area contributed by atoms with Gasteiger partial charge in [0.1, 0.15) is 0 Å². The Morgan fingerprint density at radius 3 is 2.61 bits per heavy atom. The third-order valence-electron chi connectivity index (χ3n) is 6.97. The summed E-state index contributed by atoms with van der Waals surface area (Å²) in [6.45, 7) is 3.26. The zero-order valence-electron chi connectivity index (χ0n) is 18.6. The van der Waals surface area contributed by atoms with Crippen molar-refractivity contribution in [1.29, 1.82) is 0 Å². The number of carbonyl (C=O) groups is 1. The highest BCUT2D eigenvalue weighted by molar-refractivity contribution is 5.82. The standard InChI is InChI=1S/C26H28N4O3/c1-2-27-25(32)24-21(16-31)20-15-29-22(23(20)30(24)14-18-10-6-7-13-28-18)12-11-19(26(29)33)17-8-4-3-5-9-17/h3-13,20-21,23-24,31H,2,14-16H2,1H3,(H,27,32)/t20-,21-,23+,24-/m0/s1. The van der Waals surface area contributed by atoms with Crippen LogP contribution in [-0.4, -0.2) is 44.7 Å². The number of aromatic nitrogens is 2. The summed E-state index contributed by atoms with van der Waals surface area (Å²) in [5.41, 5.74) is 3.27. The molecule has 5 rings (SSSR count). The van der Waals surface area contributed by atoms with Gasteiger partial charge in [0.2, 0.25) is 5.91 Å². The molecule has 1 amide bonds. The minimum Gasteiger partial charge on any atom is -0.396 e. The van der Waals surface area contributed by atoms with Crippen LogP contribution in [-0.2, 0) is 17.9 Å². The number of amides is 1. The maximum atomic E-state index is 13.5. The van der Waals surface area contributed by atoms with E-state index in [0.717, 1.165) is 17.0 Å². The molecule has 0 spiro atoms. The lowest BCUT2D eigenvalue weighted by Crippen LogP contribution is -2.48. The molecule has 0 bridgehead atoms. The predicted octanol–water partition coefficient (Wildman–Crippen LogP) is 2.21. The molecule has 4 atom stereocenters. The van der Waals surface area contributed by atoms with E-state index < -0.39 is 6.04 Å². The second-order valence-electron chi connectivity index (χ2n) is 8.74. The van der Waals surface area contributed by atoms with Crippen LogP contribution >= 0.6 is 0 Å². The SMILES string of the molecule is CCNC(=O)[C@@H]1[C@@H](CO)[C@@H]2Cn3c(ccc(-c4ccccc4)c3=O)[C@@H]2N1Cc1ccccn1. The van der Waals surface area contributed by atoms with Crippen LogP contribution in [0.3, 0.4) is 0 Å². The molecule has 2 aliphatic heterocycles. The summed E-state index contributed by atoms with van der Waals surface area (Å²) in [7, 11) is 0. The van der Waals surface area contributed by atoms with Gasteiger partial charge < -0.3 is 15.0 Å². The van der Waals surface area contributed by atoms with Gasteiger partial charge in [-0.3, -0.25) is 19.5 Å². The van der Waals surface area contributed by atoms with Crippen LogP contribution in [0.2, 0.25) is 0 Å². The fraction of sp³-hybridized carbons (Fsp3) is 0.346. The molecule has 0 aliphatic carbocycles. The minimum absolute atomic E-state index is 0.0304. The van der Waals surface area contributed by atoms with Crippen LogP contribution in [0.15, 0.2) is 71.7 Å². The molecule has 0 unspecified atom stereocenters. The van der Waals surface area contributed by atoms with Crippen LogP contribution < -0.4 is 10.9 Å². The molecule has 2 N–H and O–H groups in total. The van der Waals surface area contributed by atoms with Crippen molar-refractivity contribution in [3.05, 3.63) is 88.6 Å². The number of nitrogens with one attached hydrogen (secondary N) is 1. The molecule has 0 radical (unpaired) electrons. The summed E-state index contributed by atoms with van der Waals surface area (Å²) >= 11 is 0. The lowest BCUT2D eigenvalue weighted by atomic mass is 9.88. The molecular formula is C26H28N4O3. The number of carbonyl (C=O) groups excluding carboxylic acids is 1. The number of rotatable bonds is 6. The van der Waals surface area contributed by atoms with Gasteiger partial charge >= 0.3 is 0 Å². The van der Waals surface area contributed by atoms with Crippen molar-refractivity contribution < 1.29 is 9.90 Å². The minimum atomic E-state index is -0.482. The smallest absolute Gasteiger partial charge is 0.258 e. The van der Waals surface area contributed by atoms with Gasteiger partial charge in [0, 0.05) is 55.5 Å². The van der Waals surface area contributed by atoms with Crippen molar-refractivity contribution in [2.75, 3.05) is 13.2 Å². The lowest BCUT2D eigenvalue weighted by Gasteiger charge is -2.30. The number of aliphatic hydroxyl groups excluding tert-OH is 1. The maximum absolute atomic E-state index is 13.5. The first-order valence-corrected chi connectivity index (χ1v) is 11.5. The Kier molecular flexibility index (Phi) is 5.83. The number of nitrogens with zero attached hydrogens (tertiary/aromatic N) is 3. The largest absolute Gasteiger partial charge is 0.396 e. The first kappa shape index (κ1) is 21.6. The number of likely N-dealkylation sites (tertiary alicyclic amines) is 1. The lowest BCUT2D eigenvalue weighted by molar-refractivity contribution is -0.127. The van der Waals surface area contributed by atoms with Crippen molar-refractivity contribution >= 4 is 5.91 Å². The summed E-state index contributed by atoms with van der Waals surface area (Å²) in [5, 5.41) is 13.3. The topological polar surface area (TPSA) is 87.5 Å².